The summed E-state index contributed by atoms with van der Waals surface area (Å²) in [6.45, 7) is 9.23. The molecule has 2 amide bonds. The van der Waals surface area contributed by atoms with E-state index in [4.69, 9.17) is 9.72 Å². The number of hydrogen-bond acceptors (Lipinski definition) is 4. The molecule has 0 radical (unpaired) electrons. The third-order valence-corrected chi connectivity index (χ3v) is 7.72. The van der Waals surface area contributed by atoms with Crippen LogP contribution in [0.4, 0.5) is 16.3 Å². The number of rotatable bonds is 5. The second-order valence-electron chi connectivity index (χ2n) is 10.1. The van der Waals surface area contributed by atoms with Crippen LogP contribution in [0, 0.1) is 12.8 Å². The van der Waals surface area contributed by atoms with E-state index in [9.17, 15) is 4.79 Å². The maximum absolute atomic E-state index is 12.9. The van der Waals surface area contributed by atoms with E-state index < -0.39 is 0 Å². The Bertz CT molecular complexity index is 1090. The lowest BCUT2D eigenvalue weighted by Gasteiger charge is -2.29. The first-order valence-corrected chi connectivity index (χ1v) is 13.3. The minimum absolute atomic E-state index is 0.00698. The molecule has 0 saturated carbocycles. The summed E-state index contributed by atoms with van der Waals surface area (Å²) in [6, 6.07) is 10.7. The van der Waals surface area contributed by atoms with Crippen molar-refractivity contribution in [1.29, 1.82) is 0 Å². The van der Waals surface area contributed by atoms with Crippen molar-refractivity contribution in [2.45, 2.75) is 52.4 Å². The van der Waals surface area contributed by atoms with E-state index >= 15 is 0 Å². The number of anilines is 2. The lowest BCUT2D eigenvalue weighted by atomic mass is 9.94. The highest BCUT2D eigenvalue weighted by Gasteiger charge is 2.25. The van der Waals surface area contributed by atoms with Crippen LogP contribution in [0.2, 0.25) is 0 Å². The zero-order valence-electron chi connectivity index (χ0n) is 21.2. The number of hydrogen-bond donors (Lipinski definition) is 1. The van der Waals surface area contributed by atoms with Crippen LogP contribution in [-0.4, -0.2) is 55.3 Å². The van der Waals surface area contributed by atoms with Crippen molar-refractivity contribution in [2.75, 3.05) is 49.6 Å². The summed E-state index contributed by atoms with van der Waals surface area (Å²) in [6.07, 6.45) is 9.29. The third-order valence-electron chi connectivity index (χ3n) is 7.72. The van der Waals surface area contributed by atoms with Gasteiger partial charge in [0.2, 0.25) is 0 Å². The Morgan fingerprint density at radius 1 is 1.14 bits per heavy atom. The number of aryl methyl sites for hydroxylation is 1. The molecule has 5 rings (SSSR count). The summed E-state index contributed by atoms with van der Waals surface area (Å²) in [5.41, 5.74) is 6.78. The zero-order chi connectivity index (χ0) is 24.2. The average Bonchev–Trinajstić information content (AvgIpc) is 3.40. The van der Waals surface area contributed by atoms with Crippen LogP contribution in [0.3, 0.4) is 0 Å². The highest BCUT2D eigenvalue weighted by molar-refractivity contribution is 5.91. The van der Waals surface area contributed by atoms with Gasteiger partial charge in [0.25, 0.3) is 0 Å². The fourth-order valence-electron chi connectivity index (χ4n) is 5.42. The summed E-state index contributed by atoms with van der Waals surface area (Å²) >= 11 is 0. The molecule has 2 aromatic rings. The Kier molecular flexibility index (Phi) is 7.37. The van der Waals surface area contributed by atoms with Gasteiger partial charge in [-0.05, 0) is 91.5 Å². The molecule has 2 aliphatic heterocycles. The highest BCUT2D eigenvalue weighted by Crippen LogP contribution is 2.34. The lowest BCUT2D eigenvalue weighted by molar-refractivity contribution is 0.122. The number of aromatic nitrogens is 1. The van der Waals surface area contributed by atoms with Crippen molar-refractivity contribution in [3.05, 3.63) is 47.7 Å². The number of likely N-dealkylation sites (tertiary alicyclic amines) is 1. The standard InChI is InChI=1S/C29H38N4O2/c1-3-22-11-12-33(20-22)29(34)30-25-10-9-21(2)26(19-25)24-17-27(23-7-5-4-6-8-23)31-28(18-24)32-13-15-35-16-14-32/h7,9-10,17-19,22H,3-6,8,11-16,20H2,1-2H3,(H,30,34)/t22-/m1/s1. The molecule has 2 saturated heterocycles. The second-order valence-corrected chi connectivity index (χ2v) is 10.1. The van der Waals surface area contributed by atoms with Gasteiger partial charge in [-0.2, -0.15) is 0 Å². The van der Waals surface area contributed by atoms with Gasteiger partial charge in [-0.15, -0.1) is 0 Å². The maximum atomic E-state index is 12.9. The normalized spacial score (nSPS) is 20.6. The summed E-state index contributed by atoms with van der Waals surface area (Å²) in [5, 5.41) is 3.15. The number of nitrogens with zero attached hydrogens (tertiary/aromatic N) is 3. The molecule has 1 aromatic heterocycles. The lowest BCUT2D eigenvalue weighted by Crippen LogP contribution is -2.36. The van der Waals surface area contributed by atoms with Gasteiger partial charge in [0.05, 0.1) is 18.9 Å². The molecular weight excluding hydrogens is 436 g/mol. The summed E-state index contributed by atoms with van der Waals surface area (Å²) in [4.78, 5) is 22.3. The van der Waals surface area contributed by atoms with Gasteiger partial charge in [-0.25, -0.2) is 9.78 Å². The van der Waals surface area contributed by atoms with E-state index in [1.807, 2.05) is 11.0 Å². The first-order valence-electron chi connectivity index (χ1n) is 13.3. The van der Waals surface area contributed by atoms with Crippen LogP contribution in [0.1, 0.15) is 56.7 Å². The minimum atomic E-state index is 0.00698. The van der Waals surface area contributed by atoms with E-state index in [0.717, 1.165) is 93.4 Å². The van der Waals surface area contributed by atoms with Gasteiger partial charge in [0.1, 0.15) is 5.82 Å². The first kappa shape index (κ1) is 23.9. The molecule has 0 spiro atoms. The number of amides is 2. The Morgan fingerprint density at radius 2 is 2.00 bits per heavy atom. The SMILES string of the molecule is CC[C@@H]1CCN(C(=O)Nc2ccc(C)c(-c3cc(C4=CCCCC4)nc(N4CCOCC4)c3)c2)C1. The summed E-state index contributed by atoms with van der Waals surface area (Å²) in [5.74, 6) is 1.64. The molecule has 186 valence electrons. The van der Waals surface area contributed by atoms with Gasteiger partial charge in [-0.3, -0.25) is 0 Å². The fraction of sp³-hybridized carbons (Fsp3) is 0.517. The van der Waals surface area contributed by atoms with Crippen molar-refractivity contribution in [3.8, 4) is 11.1 Å². The Hall–Kier alpha value is -2.86. The molecule has 1 atom stereocenters. The van der Waals surface area contributed by atoms with Crippen LogP contribution < -0.4 is 10.2 Å². The molecular formula is C29H38N4O2. The number of ether oxygens (including phenoxy) is 1. The number of carbonyl (C=O) groups is 1. The Labute approximate surface area is 209 Å². The summed E-state index contributed by atoms with van der Waals surface area (Å²) < 4.78 is 5.59. The van der Waals surface area contributed by atoms with Crippen LogP contribution >= 0.6 is 0 Å². The molecule has 6 heteroatoms. The van der Waals surface area contributed by atoms with Gasteiger partial charge in [0.15, 0.2) is 0 Å². The number of carbonyl (C=O) groups excluding carboxylic acids is 1. The predicted molar refractivity (Wildman–Crippen MR) is 143 cm³/mol. The van der Waals surface area contributed by atoms with Crippen molar-refractivity contribution in [3.63, 3.8) is 0 Å². The van der Waals surface area contributed by atoms with Gasteiger partial charge in [-0.1, -0.05) is 25.5 Å². The maximum Gasteiger partial charge on any atom is 0.321 e. The molecule has 6 nitrogen and oxygen atoms in total. The monoisotopic (exact) mass is 474 g/mol. The van der Waals surface area contributed by atoms with Gasteiger partial charge < -0.3 is 19.9 Å². The van der Waals surface area contributed by atoms with Crippen LogP contribution in [0.15, 0.2) is 36.4 Å². The van der Waals surface area contributed by atoms with Crippen molar-refractivity contribution >= 4 is 23.1 Å². The second kappa shape index (κ2) is 10.8. The third kappa shape index (κ3) is 5.53. The number of allylic oxidation sites excluding steroid dienone is 2. The van der Waals surface area contributed by atoms with E-state index in [1.54, 1.807) is 0 Å². The molecule has 1 aromatic carbocycles. The smallest absolute Gasteiger partial charge is 0.321 e. The van der Waals surface area contributed by atoms with E-state index in [1.165, 1.54) is 24.0 Å². The molecule has 1 aliphatic carbocycles. The molecule has 1 N–H and O–H groups in total. The number of pyridine rings is 1. The van der Waals surface area contributed by atoms with E-state index in [0.29, 0.717) is 5.92 Å². The van der Waals surface area contributed by atoms with Crippen molar-refractivity contribution in [1.82, 2.24) is 9.88 Å². The topological polar surface area (TPSA) is 57.7 Å². The van der Waals surface area contributed by atoms with Gasteiger partial charge >= 0.3 is 6.03 Å². The molecule has 2 fully saturated rings. The van der Waals surface area contributed by atoms with Crippen LogP contribution in [0.25, 0.3) is 16.7 Å². The molecule has 0 bridgehead atoms. The summed E-state index contributed by atoms with van der Waals surface area (Å²) in [7, 11) is 0. The number of benzene rings is 1. The highest BCUT2D eigenvalue weighted by atomic mass is 16.5. The Balaban J connectivity index is 1.46. The molecule has 3 heterocycles. The molecule has 3 aliphatic rings. The number of morpholine rings is 1. The van der Waals surface area contributed by atoms with Gasteiger partial charge in [0, 0.05) is 31.9 Å². The molecule has 0 unspecified atom stereocenters. The van der Waals surface area contributed by atoms with E-state index in [-0.39, 0.29) is 6.03 Å². The quantitative estimate of drug-likeness (QED) is 0.568. The first-order chi connectivity index (χ1) is 17.1. The van der Waals surface area contributed by atoms with Crippen molar-refractivity contribution < 1.29 is 9.53 Å². The number of urea groups is 1. The van der Waals surface area contributed by atoms with E-state index in [2.05, 4.69) is 54.4 Å². The van der Waals surface area contributed by atoms with Crippen molar-refractivity contribution in [2.24, 2.45) is 5.92 Å². The molecule has 35 heavy (non-hydrogen) atoms. The number of nitrogens with one attached hydrogen (secondary N) is 1. The van der Waals surface area contributed by atoms with Crippen LogP contribution in [0.5, 0.6) is 0 Å². The largest absolute Gasteiger partial charge is 0.378 e. The average molecular weight is 475 g/mol. The Morgan fingerprint density at radius 3 is 2.74 bits per heavy atom. The fourth-order valence-corrected chi connectivity index (χ4v) is 5.42. The van der Waals surface area contributed by atoms with Crippen LogP contribution in [-0.2, 0) is 4.74 Å². The zero-order valence-corrected chi connectivity index (χ0v) is 21.2. The predicted octanol–water partition coefficient (Wildman–Crippen LogP) is 6.11. The minimum Gasteiger partial charge on any atom is -0.378 e.